The zero-order valence-electron chi connectivity index (χ0n) is 16.8. The highest BCUT2D eigenvalue weighted by atomic mass is 32.2. The molecule has 152 valence electrons. The van der Waals surface area contributed by atoms with Crippen LogP contribution in [-0.2, 0) is 9.59 Å². The molecule has 5 nitrogen and oxygen atoms in total. The minimum atomic E-state index is -1.25. The van der Waals surface area contributed by atoms with Crippen LogP contribution in [-0.4, -0.2) is 23.1 Å². The number of fused-ring (bicyclic) bond motifs is 1. The number of hydrogen-bond acceptors (Lipinski definition) is 4. The molecule has 0 fully saturated rings. The second-order valence-corrected chi connectivity index (χ2v) is 8.51. The average molecular weight is 419 g/mol. The van der Waals surface area contributed by atoms with E-state index < -0.39 is 4.75 Å². The van der Waals surface area contributed by atoms with Crippen molar-refractivity contribution in [2.75, 3.05) is 16.8 Å². The summed E-state index contributed by atoms with van der Waals surface area (Å²) in [5.41, 5.74) is 1.46. The molecule has 1 aliphatic heterocycles. The van der Waals surface area contributed by atoms with Gasteiger partial charge in [0, 0.05) is 17.1 Å². The van der Waals surface area contributed by atoms with Crippen LogP contribution in [0.15, 0.2) is 83.8 Å². The quantitative estimate of drug-likeness (QED) is 0.569. The third-order valence-corrected chi connectivity index (χ3v) is 6.30. The van der Waals surface area contributed by atoms with Crippen LogP contribution in [0.5, 0.6) is 11.5 Å². The molecule has 1 unspecified atom stereocenters. The molecule has 0 saturated carbocycles. The summed E-state index contributed by atoms with van der Waals surface area (Å²) in [4.78, 5) is 28.9. The number of amides is 2. The van der Waals surface area contributed by atoms with Gasteiger partial charge in [-0.3, -0.25) is 9.59 Å². The lowest BCUT2D eigenvalue weighted by Gasteiger charge is -2.38. The Labute approximate surface area is 180 Å². The molecule has 0 radical (unpaired) electrons. The molecule has 1 atom stereocenters. The van der Waals surface area contributed by atoms with Gasteiger partial charge in [0.2, 0.25) is 5.91 Å². The first kappa shape index (κ1) is 20.0. The molecule has 0 aromatic heterocycles. The molecule has 0 bridgehead atoms. The van der Waals surface area contributed by atoms with Crippen LogP contribution in [0.4, 0.5) is 11.4 Å². The van der Waals surface area contributed by atoms with Crippen molar-refractivity contribution in [2.45, 2.75) is 23.5 Å². The Hall–Kier alpha value is -3.25. The molecule has 3 aromatic carbocycles. The molecular formula is C24H22N2O3S. The van der Waals surface area contributed by atoms with Gasteiger partial charge >= 0.3 is 0 Å². The highest BCUT2D eigenvalue weighted by molar-refractivity contribution is 8.02. The van der Waals surface area contributed by atoms with E-state index in [1.807, 2.05) is 61.5 Å². The van der Waals surface area contributed by atoms with Gasteiger partial charge in [-0.2, -0.15) is 0 Å². The number of para-hydroxylation sites is 2. The van der Waals surface area contributed by atoms with Gasteiger partial charge in [-0.25, -0.2) is 0 Å². The second-order valence-electron chi connectivity index (χ2n) is 7.05. The summed E-state index contributed by atoms with van der Waals surface area (Å²) in [5.74, 6) is 0.848. The number of carbonyl (C=O) groups excluding carboxylic acids is 2. The summed E-state index contributed by atoms with van der Waals surface area (Å²) in [6.45, 7) is 4.10. The number of anilines is 2. The number of ether oxygens (including phenoxy) is 1. The first-order valence-corrected chi connectivity index (χ1v) is 10.6. The summed E-state index contributed by atoms with van der Waals surface area (Å²) in [6.07, 6.45) is 0. The molecule has 3 aromatic rings. The molecule has 0 spiro atoms. The van der Waals surface area contributed by atoms with Crippen LogP contribution in [0.3, 0.4) is 0 Å². The maximum atomic E-state index is 13.2. The molecule has 30 heavy (non-hydrogen) atoms. The van der Waals surface area contributed by atoms with Gasteiger partial charge in [0.25, 0.3) is 5.91 Å². The Morgan fingerprint density at radius 1 is 0.967 bits per heavy atom. The zero-order valence-corrected chi connectivity index (χ0v) is 17.6. The van der Waals surface area contributed by atoms with Crippen molar-refractivity contribution >= 4 is 35.0 Å². The van der Waals surface area contributed by atoms with Gasteiger partial charge < -0.3 is 15.0 Å². The molecule has 1 N–H and O–H groups in total. The summed E-state index contributed by atoms with van der Waals surface area (Å²) < 4.78 is 4.54. The van der Waals surface area contributed by atoms with Crippen molar-refractivity contribution in [1.82, 2.24) is 0 Å². The van der Waals surface area contributed by atoms with Crippen molar-refractivity contribution in [3.05, 3.63) is 78.9 Å². The minimum absolute atomic E-state index is 0.213. The molecule has 6 heteroatoms. The van der Waals surface area contributed by atoms with Crippen molar-refractivity contribution in [1.29, 1.82) is 0 Å². The highest BCUT2D eigenvalue weighted by Gasteiger charge is 2.48. The number of rotatable bonds is 5. The van der Waals surface area contributed by atoms with E-state index in [-0.39, 0.29) is 11.8 Å². The molecular weight excluding hydrogens is 396 g/mol. The van der Waals surface area contributed by atoms with Gasteiger partial charge in [-0.1, -0.05) is 42.1 Å². The Bertz CT molecular complexity index is 1070. The fourth-order valence-corrected chi connectivity index (χ4v) is 4.55. The SMILES string of the molecule is CCN1C(=O)C(C)(C(=O)Nc2ccc(Oc3ccccc3)cc2)Sc2ccccc21. The summed E-state index contributed by atoms with van der Waals surface area (Å²) in [5, 5.41) is 2.89. The van der Waals surface area contributed by atoms with Crippen molar-refractivity contribution < 1.29 is 14.3 Å². The molecule has 4 rings (SSSR count). The third-order valence-electron chi connectivity index (χ3n) is 4.96. The maximum absolute atomic E-state index is 13.2. The fraction of sp³-hybridized carbons (Fsp3) is 0.167. The minimum Gasteiger partial charge on any atom is -0.457 e. The molecule has 0 saturated heterocycles. The lowest BCUT2D eigenvalue weighted by Crippen LogP contribution is -2.54. The van der Waals surface area contributed by atoms with E-state index in [4.69, 9.17) is 4.74 Å². The van der Waals surface area contributed by atoms with Crippen molar-refractivity contribution in [3.63, 3.8) is 0 Å². The van der Waals surface area contributed by atoms with Gasteiger partial charge in [-0.05, 0) is 62.4 Å². The lowest BCUT2D eigenvalue weighted by molar-refractivity contribution is -0.128. The second kappa shape index (κ2) is 8.24. The number of nitrogens with zero attached hydrogens (tertiary/aromatic N) is 1. The molecule has 1 aliphatic rings. The Balaban J connectivity index is 1.51. The van der Waals surface area contributed by atoms with Gasteiger partial charge in [0.05, 0.1) is 5.69 Å². The monoisotopic (exact) mass is 418 g/mol. The average Bonchev–Trinajstić information content (AvgIpc) is 2.77. The van der Waals surface area contributed by atoms with E-state index in [0.717, 1.165) is 16.3 Å². The predicted molar refractivity (Wildman–Crippen MR) is 120 cm³/mol. The Kier molecular flexibility index (Phi) is 5.50. The van der Waals surface area contributed by atoms with Gasteiger partial charge in [-0.15, -0.1) is 0 Å². The number of benzene rings is 3. The van der Waals surface area contributed by atoms with E-state index in [9.17, 15) is 9.59 Å². The number of thioether (sulfide) groups is 1. The van der Waals surface area contributed by atoms with Crippen LogP contribution in [0.25, 0.3) is 0 Å². The largest absolute Gasteiger partial charge is 0.457 e. The van der Waals surface area contributed by atoms with Crippen LogP contribution < -0.4 is 15.0 Å². The number of carbonyl (C=O) groups is 2. The van der Waals surface area contributed by atoms with Crippen LogP contribution >= 0.6 is 11.8 Å². The molecule has 2 amide bonds. The van der Waals surface area contributed by atoms with E-state index >= 15 is 0 Å². The smallest absolute Gasteiger partial charge is 0.252 e. The maximum Gasteiger partial charge on any atom is 0.252 e. The van der Waals surface area contributed by atoms with Gasteiger partial charge in [0.1, 0.15) is 11.5 Å². The van der Waals surface area contributed by atoms with Crippen molar-refractivity contribution in [2.24, 2.45) is 0 Å². The molecule has 1 heterocycles. The van der Waals surface area contributed by atoms with Crippen LogP contribution in [0, 0.1) is 0 Å². The summed E-state index contributed by atoms with van der Waals surface area (Å²) in [6, 6.07) is 24.3. The van der Waals surface area contributed by atoms with Crippen molar-refractivity contribution in [3.8, 4) is 11.5 Å². The molecule has 0 aliphatic carbocycles. The first-order valence-electron chi connectivity index (χ1n) is 9.75. The van der Waals surface area contributed by atoms with E-state index in [0.29, 0.717) is 18.0 Å². The zero-order chi connectivity index (χ0) is 21.1. The van der Waals surface area contributed by atoms with E-state index in [1.54, 1.807) is 36.1 Å². The Morgan fingerprint density at radius 3 is 2.30 bits per heavy atom. The standard InChI is InChI=1S/C24H22N2O3S/c1-3-26-20-11-7-8-12-21(20)30-24(2,23(26)28)22(27)25-17-13-15-19(16-14-17)29-18-9-5-4-6-10-18/h4-16H,3H2,1-2H3,(H,25,27). The Morgan fingerprint density at radius 2 is 1.60 bits per heavy atom. The summed E-state index contributed by atoms with van der Waals surface area (Å²) in [7, 11) is 0. The fourth-order valence-electron chi connectivity index (χ4n) is 3.34. The lowest BCUT2D eigenvalue weighted by atomic mass is 10.1. The first-order chi connectivity index (χ1) is 14.5. The van der Waals surface area contributed by atoms with Gasteiger partial charge in [0.15, 0.2) is 4.75 Å². The number of hydrogen-bond donors (Lipinski definition) is 1. The topological polar surface area (TPSA) is 58.6 Å². The third kappa shape index (κ3) is 3.78. The highest BCUT2D eigenvalue weighted by Crippen LogP contribution is 2.45. The normalized spacial score (nSPS) is 17.9. The predicted octanol–water partition coefficient (Wildman–Crippen LogP) is 5.33. The summed E-state index contributed by atoms with van der Waals surface area (Å²) >= 11 is 1.29. The van der Waals surface area contributed by atoms with Crippen LogP contribution in [0.1, 0.15) is 13.8 Å². The van der Waals surface area contributed by atoms with E-state index in [2.05, 4.69) is 5.32 Å². The van der Waals surface area contributed by atoms with Crippen LogP contribution in [0.2, 0.25) is 0 Å². The number of nitrogens with one attached hydrogen (secondary N) is 1. The van der Waals surface area contributed by atoms with E-state index in [1.165, 1.54) is 11.8 Å².